The number of rotatable bonds is 6. The Bertz CT molecular complexity index is 476. The molecular weight excluding hydrogens is 236 g/mol. The molecule has 96 valence electrons. The van der Waals surface area contributed by atoms with Crippen molar-refractivity contribution in [2.45, 2.75) is 12.8 Å². The molecule has 0 radical (unpaired) electrons. The van der Waals surface area contributed by atoms with Crippen molar-refractivity contribution in [1.29, 1.82) is 0 Å². The van der Waals surface area contributed by atoms with Gasteiger partial charge in [-0.1, -0.05) is 12.1 Å². The summed E-state index contributed by atoms with van der Waals surface area (Å²) in [6.45, 7) is 0. The van der Waals surface area contributed by atoms with E-state index in [2.05, 4.69) is 0 Å². The number of allylic oxidation sites excluding steroid dienone is 1. The van der Waals surface area contributed by atoms with Crippen LogP contribution in [0.15, 0.2) is 24.3 Å². The van der Waals surface area contributed by atoms with Gasteiger partial charge in [-0.3, -0.25) is 9.59 Å². The fraction of sp³-hybridized carbons (Fsp3) is 0.231. The number of phenolic OH excluding ortho intramolecular Hbond substituents is 1. The number of benzene rings is 1. The Labute approximate surface area is 104 Å². The molecule has 0 aliphatic heterocycles. The zero-order chi connectivity index (χ0) is 13.5. The zero-order valence-corrected chi connectivity index (χ0v) is 9.92. The highest BCUT2D eigenvalue weighted by atomic mass is 16.5. The first-order valence-electron chi connectivity index (χ1n) is 5.32. The number of carboxylic acids is 1. The highest BCUT2D eigenvalue weighted by Gasteiger charge is 2.03. The number of methoxy groups -OCH3 is 1. The molecule has 1 aromatic carbocycles. The third-order valence-electron chi connectivity index (χ3n) is 2.25. The fourth-order valence-electron chi connectivity index (χ4n) is 1.30. The average molecular weight is 250 g/mol. The summed E-state index contributed by atoms with van der Waals surface area (Å²) in [7, 11) is 1.43. The molecular formula is C13H14O5. The summed E-state index contributed by atoms with van der Waals surface area (Å²) in [4.78, 5) is 21.6. The fourth-order valence-corrected chi connectivity index (χ4v) is 1.30. The number of carbonyl (C=O) groups is 2. The summed E-state index contributed by atoms with van der Waals surface area (Å²) in [6.07, 6.45) is 2.66. The van der Waals surface area contributed by atoms with Gasteiger partial charge in [-0.25, -0.2) is 0 Å². The monoisotopic (exact) mass is 250 g/mol. The molecule has 0 fully saturated rings. The second-order valence-electron chi connectivity index (χ2n) is 3.62. The molecule has 0 aromatic heterocycles. The van der Waals surface area contributed by atoms with Crippen molar-refractivity contribution in [2.75, 3.05) is 7.11 Å². The van der Waals surface area contributed by atoms with Crippen molar-refractivity contribution in [1.82, 2.24) is 0 Å². The highest BCUT2D eigenvalue weighted by Crippen LogP contribution is 2.26. The maximum absolute atomic E-state index is 11.3. The van der Waals surface area contributed by atoms with Gasteiger partial charge in [0.25, 0.3) is 0 Å². The smallest absolute Gasteiger partial charge is 0.303 e. The largest absolute Gasteiger partial charge is 0.504 e. The van der Waals surface area contributed by atoms with Crippen LogP contribution in [0, 0.1) is 0 Å². The Morgan fingerprint density at radius 3 is 2.67 bits per heavy atom. The second kappa shape index (κ2) is 6.44. The third-order valence-corrected chi connectivity index (χ3v) is 2.25. The van der Waals surface area contributed by atoms with E-state index < -0.39 is 5.97 Å². The summed E-state index contributed by atoms with van der Waals surface area (Å²) < 4.78 is 4.92. The Kier molecular flexibility index (Phi) is 4.92. The molecule has 18 heavy (non-hydrogen) atoms. The predicted octanol–water partition coefficient (Wildman–Crippen LogP) is 1.85. The van der Waals surface area contributed by atoms with Crippen molar-refractivity contribution in [3.63, 3.8) is 0 Å². The van der Waals surface area contributed by atoms with Crippen LogP contribution in [0.4, 0.5) is 0 Å². The van der Waals surface area contributed by atoms with E-state index in [1.54, 1.807) is 18.2 Å². The quantitative estimate of drug-likeness (QED) is 0.753. The second-order valence-corrected chi connectivity index (χ2v) is 3.62. The lowest BCUT2D eigenvalue weighted by molar-refractivity contribution is -0.138. The third kappa shape index (κ3) is 4.29. The maximum Gasteiger partial charge on any atom is 0.303 e. The van der Waals surface area contributed by atoms with Crippen molar-refractivity contribution < 1.29 is 24.5 Å². The molecule has 1 rings (SSSR count). The molecule has 5 nitrogen and oxygen atoms in total. The van der Waals surface area contributed by atoms with Crippen LogP contribution in [-0.2, 0) is 9.59 Å². The van der Waals surface area contributed by atoms with Gasteiger partial charge >= 0.3 is 5.97 Å². The average Bonchev–Trinajstić information content (AvgIpc) is 2.35. The van der Waals surface area contributed by atoms with E-state index in [4.69, 9.17) is 9.84 Å². The van der Waals surface area contributed by atoms with E-state index in [9.17, 15) is 14.7 Å². The molecule has 2 N–H and O–H groups in total. The van der Waals surface area contributed by atoms with Crippen LogP contribution in [0.2, 0.25) is 0 Å². The number of aromatic hydroxyl groups is 1. The van der Waals surface area contributed by atoms with Crippen LogP contribution in [-0.4, -0.2) is 29.1 Å². The number of carbonyl (C=O) groups excluding carboxylic acids is 1. The summed E-state index contributed by atoms with van der Waals surface area (Å²) in [5.74, 6) is -0.922. The summed E-state index contributed by atoms with van der Waals surface area (Å²) in [6, 6.07) is 4.66. The summed E-state index contributed by atoms with van der Waals surface area (Å²) >= 11 is 0. The SMILES string of the molecule is COc1cc(/C=C/C(=O)CCC(=O)O)ccc1O. The Hall–Kier alpha value is -2.30. The van der Waals surface area contributed by atoms with Gasteiger partial charge in [0.05, 0.1) is 13.5 Å². The van der Waals surface area contributed by atoms with Gasteiger partial charge in [0.1, 0.15) is 0 Å². The number of hydrogen-bond donors (Lipinski definition) is 2. The number of carboxylic acid groups (broad SMARTS) is 1. The van der Waals surface area contributed by atoms with Gasteiger partial charge in [0.2, 0.25) is 0 Å². The van der Waals surface area contributed by atoms with Crippen molar-refractivity contribution >= 4 is 17.8 Å². The van der Waals surface area contributed by atoms with E-state index in [0.29, 0.717) is 11.3 Å². The lowest BCUT2D eigenvalue weighted by Crippen LogP contribution is -1.99. The van der Waals surface area contributed by atoms with Crippen molar-refractivity contribution in [3.8, 4) is 11.5 Å². The van der Waals surface area contributed by atoms with Crippen molar-refractivity contribution in [2.24, 2.45) is 0 Å². The molecule has 0 unspecified atom stereocenters. The van der Waals surface area contributed by atoms with Crippen LogP contribution < -0.4 is 4.74 Å². The molecule has 0 saturated carbocycles. The maximum atomic E-state index is 11.3. The molecule has 5 heteroatoms. The minimum atomic E-state index is -0.997. The number of hydrogen-bond acceptors (Lipinski definition) is 4. The first-order valence-corrected chi connectivity index (χ1v) is 5.32. The summed E-state index contributed by atoms with van der Waals surface area (Å²) in [5.41, 5.74) is 0.688. The minimum Gasteiger partial charge on any atom is -0.504 e. The lowest BCUT2D eigenvalue weighted by Gasteiger charge is -2.03. The molecule has 0 spiro atoms. The molecule has 0 saturated heterocycles. The standard InChI is InChI=1S/C13H14O5/c1-18-12-8-9(3-6-11(12)15)2-4-10(14)5-7-13(16)17/h2-4,6,8,15H,5,7H2,1H3,(H,16,17)/b4-2+. The normalized spacial score (nSPS) is 10.5. The van der Waals surface area contributed by atoms with Crippen LogP contribution in [0.1, 0.15) is 18.4 Å². The minimum absolute atomic E-state index is 0.0202. The van der Waals surface area contributed by atoms with Crippen molar-refractivity contribution in [3.05, 3.63) is 29.8 Å². The van der Waals surface area contributed by atoms with Crippen LogP contribution in [0.5, 0.6) is 11.5 Å². The van der Waals surface area contributed by atoms with E-state index in [1.165, 1.54) is 19.3 Å². The lowest BCUT2D eigenvalue weighted by atomic mass is 10.1. The number of ether oxygens (including phenoxy) is 1. The molecule has 0 amide bonds. The number of ketones is 1. The molecule has 0 heterocycles. The van der Waals surface area contributed by atoms with Gasteiger partial charge in [-0.15, -0.1) is 0 Å². The zero-order valence-electron chi connectivity index (χ0n) is 9.92. The predicted molar refractivity (Wildman–Crippen MR) is 65.6 cm³/mol. The van der Waals surface area contributed by atoms with Gasteiger partial charge in [-0.2, -0.15) is 0 Å². The molecule has 1 aromatic rings. The first-order chi connectivity index (χ1) is 8.52. The Morgan fingerprint density at radius 2 is 2.06 bits per heavy atom. The van der Waals surface area contributed by atoms with E-state index in [1.807, 2.05) is 0 Å². The molecule has 0 aliphatic rings. The van der Waals surface area contributed by atoms with Crippen LogP contribution in [0.25, 0.3) is 6.08 Å². The van der Waals surface area contributed by atoms with Gasteiger partial charge in [0, 0.05) is 6.42 Å². The Balaban J connectivity index is 2.66. The van der Waals surface area contributed by atoms with Crippen LogP contribution >= 0.6 is 0 Å². The molecule has 0 bridgehead atoms. The Morgan fingerprint density at radius 1 is 1.33 bits per heavy atom. The van der Waals surface area contributed by atoms with Crippen LogP contribution in [0.3, 0.4) is 0 Å². The van der Waals surface area contributed by atoms with E-state index in [-0.39, 0.29) is 24.4 Å². The van der Waals surface area contributed by atoms with Gasteiger partial charge < -0.3 is 14.9 Å². The number of aliphatic carboxylic acids is 1. The molecule has 0 aliphatic carbocycles. The topological polar surface area (TPSA) is 83.8 Å². The highest BCUT2D eigenvalue weighted by molar-refractivity contribution is 5.95. The first kappa shape index (κ1) is 13.8. The van der Waals surface area contributed by atoms with Gasteiger partial charge in [-0.05, 0) is 23.8 Å². The summed E-state index contributed by atoms with van der Waals surface area (Å²) in [5, 5.41) is 17.8. The van der Waals surface area contributed by atoms with Gasteiger partial charge in [0.15, 0.2) is 17.3 Å². The molecule has 0 atom stereocenters. The number of phenols is 1. The van der Waals surface area contributed by atoms with E-state index in [0.717, 1.165) is 0 Å². The van der Waals surface area contributed by atoms with E-state index >= 15 is 0 Å².